The highest BCUT2D eigenvalue weighted by atomic mass is 16.4. The molecule has 2 aromatic carbocycles. The molecule has 2 heterocycles. The summed E-state index contributed by atoms with van der Waals surface area (Å²) in [5.41, 5.74) is 4.31. The topological polar surface area (TPSA) is 60.9 Å². The molecule has 0 aliphatic heterocycles. The van der Waals surface area contributed by atoms with Crippen molar-refractivity contribution in [2.45, 2.75) is 0 Å². The summed E-state index contributed by atoms with van der Waals surface area (Å²) in [6, 6.07) is 15.5. The number of hydrogen-bond donors (Lipinski definition) is 0. The maximum Gasteiger partial charge on any atom is 0.321 e. The molecular formula is C16H14N4O2. The zero-order valence-corrected chi connectivity index (χ0v) is 12.2. The highest BCUT2D eigenvalue weighted by Gasteiger charge is 2.04. The lowest BCUT2D eigenvalue weighted by Crippen LogP contribution is -2.15. The third-order valence-corrected chi connectivity index (χ3v) is 3.65. The third-order valence-electron chi connectivity index (χ3n) is 3.65. The number of hydrogen-bond acceptors (Lipinski definition) is 4. The molecule has 0 amide bonds. The Labute approximate surface area is 125 Å². The molecule has 0 aliphatic rings. The Bertz CT molecular complexity index is 1020. The summed E-state index contributed by atoms with van der Waals surface area (Å²) >= 11 is 0. The van der Waals surface area contributed by atoms with Gasteiger partial charge in [-0.1, -0.05) is 34.5 Å². The molecule has 0 radical (unpaired) electrons. The van der Waals surface area contributed by atoms with Crippen LogP contribution in [0.2, 0.25) is 0 Å². The van der Waals surface area contributed by atoms with Crippen LogP contribution in [0.25, 0.3) is 22.2 Å². The quantitative estimate of drug-likeness (QED) is 0.506. The second-order valence-electron chi connectivity index (χ2n) is 5.02. The number of aryl methyl sites for hydroxylation is 2. The molecule has 4 rings (SSSR count). The van der Waals surface area contributed by atoms with Crippen molar-refractivity contribution in [2.24, 2.45) is 24.3 Å². The lowest BCUT2D eigenvalue weighted by atomic mass is 10.3. The molecular weight excluding hydrogens is 280 g/mol. The van der Waals surface area contributed by atoms with E-state index in [-0.39, 0.29) is 0 Å². The molecule has 0 N–H and O–H groups in total. The number of fused-ring (bicyclic) bond motifs is 2. The van der Waals surface area contributed by atoms with Gasteiger partial charge < -0.3 is 8.83 Å². The van der Waals surface area contributed by atoms with Crippen LogP contribution < -0.4 is 11.4 Å². The number of nitrogens with zero attached hydrogens (tertiary/aromatic N) is 4. The minimum absolute atomic E-state index is 0.418. The zero-order valence-electron chi connectivity index (χ0n) is 12.2. The predicted octanol–water partition coefficient (Wildman–Crippen LogP) is 2.27. The van der Waals surface area contributed by atoms with Crippen molar-refractivity contribution in [1.29, 1.82) is 0 Å². The molecule has 6 heteroatoms. The summed E-state index contributed by atoms with van der Waals surface area (Å²) in [6.45, 7) is 0. The van der Waals surface area contributed by atoms with E-state index in [1.807, 2.05) is 71.8 Å². The van der Waals surface area contributed by atoms with E-state index in [9.17, 15) is 0 Å². The first-order valence-corrected chi connectivity index (χ1v) is 6.91. The largest absolute Gasteiger partial charge is 0.422 e. The minimum Gasteiger partial charge on any atom is -0.422 e. The molecule has 0 aliphatic carbocycles. The van der Waals surface area contributed by atoms with Crippen molar-refractivity contribution >= 4 is 22.2 Å². The van der Waals surface area contributed by atoms with E-state index in [1.54, 1.807) is 0 Å². The fourth-order valence-corrected chi connectivity index (χ4v) is 2.44. The number of para-hydroxylation sites is 4. The molecule has 0 atom stereocenters. The van der Waals surface area contributed by atoms with Crippen LogP contribution in [0.4, 0.5) is 0 Å². The van der Waals surface area contributed by atoms with Gasteiger partial charge in [-0.25, -0.2) is 0 Å². The molecule has 0 unspecified atom stereocenters. The summed E-state index contributed by atoms with van der Waals surface area (Å²) < 4.78 is 15.1. The van der Waals surface area contributed by atoms with E-state index in [2.05, 4.69) is 10.2 Å². The van der Waals surface area contributed by atoms with Crippen molar-refractivity contribution in [3.63, 3.8) is 0 Å². The average Bonchev–Trinajstić information content (AvgIpc) is 3.04. The van der Waals surface area contributed by atoms with Gasteiger partial charge in [0.25, 0.3) is 0 Å². The van der Waals surface area contributed by atoms with Gasteiger partial charge in [0.05, 0.1) is 11.0 Å². The van der Waals surface area contributed by atoms with Gasteiger partial charge in [0, 0.05) is 14.1 Å². The van der Waals surface area contributed by atoms with E-state index in [0.29, 0.717) is 11.4 Å². The fourth-order valence-electron chi connectivity index (χ4n) is 2.44. The SMILES string of the molecule is Cn1c(=N/N=c2\oc3ccccc3n2C)oc2ccccc21. The molecule has 0 saturated carbocycles. The van der Waals surface area contributed by atoms with Crippen molar-refractivity contribution in [3.8, 4) is 0 Å². The Kier molecular flexibility index (Phi) is 2.75. The van der Waals surface area contributed by atoms with Crippen molar-refractivity contribution in [1.82, 2.24) is 9.13 Å². The Morgan fingerprint density at radius 1 is 0.682 bits per heavy atom. The van der Waals surface area contributed by atoms with E-state index < -0.39 is 0 Å². The normalized spacial score (nSPS) is 13.5. The van der Waals surface area contributed by atoms with Gasteiger partial charge in [0.15, 0.2) is 11.2 Å². The van der Waals surface area contributed by atoms with Crippen molar-refractivity contribution < 1.29 is 8.83 Å². The van der Waals surface area contributed by atoms with Gasteiger partial charge in [-0.2, -0.15) is 0 Å². The van der Waals surface area contributed by atoms with Crippen LogP contribution in [0.1, 0.15) is 0 Å². The monoisotopic (exact) mass is 294 g/mol. The summed E-state index contributed by atoms with van der Waals surface area (Å²) in [6.07, 6.45) is 0. The highest BCUT2D eigenvalue weighted by Crippen LogP contribution is 2.11. The zero-order chi connectivity index (χ0) is 15.1. The number of rotatable bonds is 1. The van der Waals surface area contributed by atoms with Crippen LogP contribution in [-0.4, -0.2) is 9.13 Å². The molecule has 2 aromatic heterocycles. The molecule has 22 heavy (non-hydrogen) atoms. The maximum absolute atomic E-state index is 5.69. The second-order valence-corrected chi connectivity index (χ2v) is 5.02. The third kappa shape index (κ3) is 1.88. The smallest absolute Gasteiger partial charge is 0.321 e. The second kappa shape index (κ2) is 4.77. The van der Waals surface area contributed by atoms with Crippen LogP contribution >= 0.6 is 0 Å². The van der Waals surface area contributed by atoms with Gasteiger partial charge in [0.1, 0.15) is 0 Å². The van der Waals surface area contributed by atoms with Gasteiger partial charge >= 0.3 is 11.4 Å². The summed E-state index contributed by atoms with van der Waals surface area (Å²) in [5.74, 6) is 0. The average molecular weight is 294 g/mol. The molecule has 6 nitrogen and oxygen atoms in total. The van der Waals surface area contributed by atoms with Crippen LogP contribution in [0.15, 0.2) is 67.6 Å². The first kappa shape index (κ1) is 12.7. The first-order chi connectivity index (χ1) is 10.7. The first-order valence-electron chi connectivity index (χ1n) is 6.91. The van der Waals surface area contributed by atoms with E-state index >= 15 is 0 Å². The van der Waals surface area contributed by atoms with Crippen LogP contribution in [0, 0.1) is 0 Å². The van der Waals surface area contributed by atoms with Crippen LogP contribution in [0.5, 0.6) is 0 Å². The van der Waals surface area contributed by atoms with Gasteiger partial charge in [-0.15, -0.1) is 0 Å². The number of aromatic nitrogens is 2. The molecule has 4 aromatic rings. The molecule has 0 spiro atoms. The van der Waals surface area contributed by atoms with E-state index in [0.717, 1.165) is 22.2 Å². The van der Waals surface area contributed by atoms with Gasteiger partial charge in [-0.3, -0.25) is 9.13 Å². The Hall–Kier alpha value is -3.02. The van der Waals surface area contributed by atoms with E-state index in [4.69, 9.17) is 8.83 Å². The van der Waals surface area contributed by atoms with Crippen molar-refractivity contribution in [2.75, 3.05) is 0 Å². The summed E-state index contributed by atoms with van der Waals surface area (Å²) in [7, 11) is 3.78. The fraction of sp³-hybridized carbons (Fsp3) is 0.125. The Morgan fingerprint density at radius 2 is 1.09 bits per heavy atom. The summed E-state index contributed by atoms with van der Waals surface area (Å²) in [5, 5.41) is 8.35. The Morgan fingerprint density at radius 3 is 1.50 bits per heavy atom. The van der Waals surface area contributed by atoms with Crippen molar-refractivity contribution in [3.05, 3.63) is 59.9 Å². The number of oxazole rings is 2. The van der Waals surface area contributed by atoms with Gasteiger partial charge in [-0.05, 0) is 24.3 Å². The van der Waals surface area contributed by atoms with Gasteiger partial charge in [0.2, 0.25) is 0 Å². The lowest BCUT2D eigenvalue weighted by Gasteiger charge is -1.90. The molecule has 0 bridgehead atoms. The molecule has 110 valence electrons. The Balaban J connectivity index is 1.94. The standard InChI is InChI=1S/C16H14N4O2/c1-19-11-7-3-5-9-13(11)21-15(19)17-18-16-20(2)12-8-4-6-10-14(12)22-16/h3-10H,1-2H3/b17-15-,18-16?. The maximum atomic E-state index is 5.69. The molecule has 0 fully saturated rings. The van der Waals surface area contributed by atoms with Crippen LogP contribution in [0.3, 0.4) is 0 Å². The van der Waals surface area contributed by atoms with E-state index in [1.165, 1.54) is 0 Å². The lowest BCUT2D eigenvalue weighted by molar-refractivity contribution is 0.473. The molecule has 0 saturated heterocycles. The summed E-state index contributed by atoms with van der Waals surface area (Å²) in [4.78, 5) is 0. The number of benzene rings is 2. The highest BCUT2D eigenvalue weighted by molar-refractivity contribution is 5.72. The predicted molar refractivity (Wildman–Crippen MR) is 81.5 cm³/mol. The minimum atomic E-state index is 0.418. The van der Waals surface area contributed by atoms with Crippen LogP contribution in [-0.2, 0) is 14.1 Å².